The number of amides is 1. The van der Waals surface area contributed by atoms with Gasteiger partial charge < -0.3 is 20.5 Å². The van der Waals surface area contributed by atoms with Crippen LogP contribution in [0.5, 0.6) is 5.75 Å². The number of benzene rings is 1. The fourth-order valence-corrected chi connectivity index (χ4v) is 1.93. The Bertz CT molecular complexity index is 473. The van der Waals surface area contributed by atoms with Gasteiger partial charge in [0.25, 0.3) is 0 Å². The average molecular weight is 282 g/mol. The van der Waals surface area contributed by atoms with Gasteiger partial charge in [-0.25, -0.2) is 4.39 Å². The Morgan fingerprint density at radius 1 is 1.65 bits per heavy atom. The monoisotopic (exact) mass is 282 g/mol. The number of carbonyl (C=O) groups excluding carboxylic acids is 1. The van der Waals surface area contributed by atoms with Crippen LogP contribution in [0.4, 0.5) is 10.1 Å². The molecule has 0 aromatic heterocycles. The van der Waals surface area contributed by atoms with Crippen LogP contribution in [0.25, 0.3) is 0 Å². The topological polar surface area (TPSA) is 73.6 Å². The van der Waals surface area contributed by atoms with Gasteiger partial charge in [-0.1, -0.05) is 0 Å². The van der Waals surface area contributed by atoms with Crippen molar-refractivity contribution in [2.45, 2.75) is 31.9 Å². The lowest BCUT2D eigenvalue weighted by atomic mass is 10.2. The van der Waals surface area contributed by atoms with Crippen LogP contribution in [0.2, 0.25) is 0 Å². The fraction of sp³-hybridized carbons (Fsp3) is 0.500. The Morgan fingerprint density at radius 3 is 3.10 bits per heavy atom. The summed E-state index contributed by atoms with van der Waals surface area (Å²) in [5.74, 6) is -0.428. The van der Waals surface area contributed by atoms with Crippen LogP contribution in [0, 0.1) is 5.82 Å². The molecule has 3 N–H and O–H groups in total. The Morgan fingerprint density at radius 2 is 2.45 bits per heavy atom. The van der Waals surface area contributed by atoms with Crippen molar-refractivity contribution in [3.8, 4) is 5.75 Å². The van der Waals surface area contributed by atoms with Gasteiger partial charge in [0.15, 0.2) is 0 Å². The highest BCUT2D eigenvalue weighted by atomic mass is 19.1. The molecule has 1 amide bonds. The number of hydrogen-bond acceptors (Lipinski definition) is 4. The van der Waals surface area contributed by atoms with E-state index < -0.39 is 17.8 Å². The second kappa shape index (κ2) is 6.67. The first kappa shape index (κ1) is 14.7. The molecule has 6 heteroatoms. The quantitative estimate of drug-likeness (QED) is 0.861. The molecular formula is C14H19FN2O3. The molecule has 20 heavy (non-hydrogen) atoms. The fourth-order valence-electron chi connectivity index (χ4n) is 1.93. The summed E-state index contributed by atoms with van der Waals surface area (Å²) in [5.41, 5.74) is 5.76. The van der Waals surface area contributed by atoms with Crippen molar-refractivity contribution in [1.29, 1.82) is 0 Å². The van der Waals surface area contributed by atoms with Crippen LogP contribution in [-0.4, -0.2) is 31.3 Å². The van der Waals surface area contributed by atoms with E-state index in [0.29, 0.717) is 12.4 Å². The van der Waals surface area contributed by atoms with Gasteiger partial charge in [0.1, 0.15) is 18.2 Å². The van der Waals surface area contributed by atoms with E-state index in [2.05, 4.69) is 5.32 Å². The molecule has 5 nitrogen and oxygen atoms in total. The zero-order valence-corrected chi connectivity index (χ0v) is 11.4. The number of nitrogens with one attached hydrogen (secondary N) is 1. The smallest absolute Gasteiger partial charge is 0.241 e. The van der Waals surface area contributed by atoms with Crippen LogP contribution in [0.3, 0.4) is 0 Å². The molecule has 0 spiro atoms. The maximum atomic E-state index is 13.3. The zero-order valence-electron chi connectivity index (χ0n) is 11.4. The molecule has 2 rings (SSSR count). The van der Waals surface area contributed by atoms with Crippen molar-refractivity contribution in [3.05, 3.63) is 24.0 Å². The number of rotatable bonds is 5. The lowest BCUT2D eigenvalue weighted by Gasteiger charge is -2.16. The lowest BCUT2D eigenvalue weighted by molar-refractivity contribution is -0.117. The van der Waals surface area contributed by atoms with E-state index in [-0.39, 0.29) is 11.8 Å². The van der Waals surface area contributed by atoms with E-state index in [4.69, 9.17) is 15.2 Å². The second-order valence-electron chi connectivity index (χ2n) is 4.86. The molecule has 1 aromatic carbocycles. The largest absolute Gasteiger partial charge is 0.489 e. The van der Waals surface area contributed by atoms with Crippen LogP contribution in [-0.2, 0) is 9.53 Å². The first-order valence-electron chi connectivity index (χ1n) is 6.66. The van der Waals surface area contributed by atoms with Crippen molar-refractivity contribution in [1.82, 2.24) is 0 Å². The molecule has 1 heterocycles. The summed E-state index contributed by atoms with van der Waals surface area (Å²) >= 11 is 0. The highest BCUT2D eigenvalue weighted by Gasteiger charge is 2.18. The van der Waals surface area contributed by atoms with Crippen LogP contribution in [0.1, 0.15) is 19.8 Å². The Hall–Kier alpha value is -1.66. The SMILES string of the molecule is C[C@H](N)C(=O)Nc1cc(F)ccc1OCC1CCCO1. The van der Waals surface area contributed by atoms with Gasteiger partial charge in [0.05, 0.1) is 17.8 Å². The normalized spacial score (nSPS) is 19.6. The third kappa shape index (κ3) is 3.91. The van der Waals surface area contributed by atoms with Gasteiger partial charge in [-0.2, -0.15) is 0 Å². The van der Waals surface area contributed by atoms with E-state index in [1.54, 1.807) is 6.92 Å². The molecule has 1 aliphatic rings. The van der Waals surface area contributed by atoms with Gasteiger partial charge in [0.2, 0.25) is 5.91 Å². The molecule has 1 aromatic rings. The molecule has 1 saturated heterocycles. The molecule has 0 radical (unpaired) electrons. The van der Waals surface area contributed by atoms with Gasteiger partial charge in [-0.05, 0) is 31.9 Å². The Labute approximate surface area is 117 Å². The minimum absolute atomic E-state index is 0.0528. The number of ether oxygens (including phenoxy) is 2. The third-order valence-electron chi connectivity index (χ3n) is 3.06. The summed E-state index contributed by atoms with van der Waals surface area (Å²) in [6.07, 6.45) is 2.02. The second-order valence-corrected chi connectivity index (χ2v) is 4.86. The predicted octanol–water partition coefficient (Wildman–Crippen LogP) is 1.67. The van der Waals surface area contributed by atoms with Crippen LogP contribution >= 0.6 is 0 Å². The van der Waals surface area contributed by atoms with Crippen LogP contribution < -0.4 is 15.8 Å². The van der Waals surface area contributed by atoms with Gasteiger partial charge in [-0.15, -0.1) is 0 Å². The molecule has 0 bridgehead atoms. The van der Waals surface area contributed by atoms with E-state index in [1.165, 1.54) is 18.2 Å². The summed E-state index contributed by atoms with van der Waals surface area (Å²) in [7, 11) is 0. The van der Waals surface area contributed by atoms with E-state index in [0.717, 1.165) is 19.4 Å². The summed E-state index contributed by atoms with van der Waals surface area (Å²) < 4.78 is 24.3. The minimum atomic E-state index is -0.677. The molecular weight excluding hydrogens is 263 g/mol. The zero-order chi connectivity index (χ0) is 14.5. The Balaban J connectivity index is 2.04. The highest BCUT2D eigenvalue weighted by molar-refractivity contribution is 5.95. The predicted molar refractivity (Wildman–Crippen MR) is 73.1 cm³/mol. The number of anilines is 1. The van der Waals surface area contributed by atoms with E-state index in [1.807, 2.05) is 0 Å². The summed E-state index contributed by atoms with van der Waals surface area (Å²) in [5, 5.41) is 2.56. The number of carbonyl (C=O) groups is 1. The molecule has 1 unspecified atom stereocenters. The summed E-state index contributed by atoms with van der Waals surface area (Å²) in [4.78, 5) is 11.6. The first-order chi connectivity index (χ1) is 9.56. The van der Waals surface area contributed by atoms with Crippen LogP contribution in [0.15, 0.2) is 18.2 Å². The van der Waals surface area contributed by atoms with E-state index in [9.17, 15) is 9.18 Å². The maximum Gasteiger partial charge on any atom is 0.241 e. The number of nitrogens with two attached hydrogens (primary N) is 1. The molecule has 1 aliphatic heterocycles. The van der Waals surface area contributed by atoms with Crippen molar-refractivity contribution in [2.75, 3.05) is 18.5 Å². The average Bonchev–Trinajstić information content (AvgIpc) is 2.90. The Kier molecular flexibility index (Phi) is 4.92. The number of hydrogen-bond donors (Lipinski definition) is 2. The number of halogens is 1. The summed E-state index contributed by atoms with van der Waals surface area (Å²) in [6, 6.07) is 3.31. The molecule has 1 fully saturated rings. The standard InChI is InChI=1S/C14H19FN2O3/c1-9(16)14(18)17-12-7-10(15)4-5-13(12)20-8-11-3-2-6-19-11/h4-5,7,9,11H,2-3,6,8,16H2,1H3,(H,17,18)/t9-,11?/m0/s1. The van der Waals surface area contributed by atoms with Crippen molar-refractivity contribution in [3.63, 3.8) is 0 Å². The van der Waals surface area contributed by atoms with Gasteiger partial charge in [-0.3, -0.25) is 4.79 Å². The van der Waals surface area contributed by atoms with E-state index >= 15 is 0 Å². The minimum Gasteiger partial charge on any atom is -0.489 e. The lowest BCUT2D eigenvalue weighted by Crippen LogP contribution is -2.32. The van der Waals surface area contributed by atoms with Crippen molar-refractivity contribution in [2.24, 2.45) is 5.73 Å². The molecule has 0 saturated carbocycles. The van der Waals surface area contributed by atoms with Gasteiger partial charge >= 0.3 is 0 Å². The first-order valence-corrected chi connectivity index (χ1v) is 6.66. The highest BCUT2D eigenvalue weighted by Crippen LogP contribution is 2.26. The van der Waals surface area contributed by atoms with Crippen molar-refractivity contribution >= 4 is 11.6 Å². The van der Waals surface area contributed by atoms with Crippen molar-refractivity contribution < 1.29 is 18.7 Å². The molecule has 2 atom stereocenters. The molecule has 0 aliphatic carbocycles. The third-order valence-corrected chi connectivity index (χ3v) is 3.06. The maximum absolute atomic E-state index is 13.3. The molecule has 110 valence electrons. The van der Waals surface area contributed by atoms with Gasteiger partial charge in [0, 0.05) is 12.7 Å². The summed E-state index contributed by atoms with van der Waals surface area (Å²) in [6.45, 7) is 2.68.